The Kier molecular flexibility index (Phi) is 4.01. The summed E-state index contributed by atoms with van der Waals surface area (Å²) in [7, 11) is 1.57. The van der Waals surface area contributed by atoms with Gasteiger partial charge in [-0.2, -0.15) is 0 Å². The van der Waals surface area contributed by atoms with Crippen LogP contribution in [0.5, 0.6) is 11.5 Å². The number of nitrogens with two attached hydrogens (primary N) is 1. The lowest BCUT2D eigenvalue weighted by atomic mass is 10.0. The van der Waals surface area contributed by atoms with Crippen molar-refractivity contribution in [2.24, 2.45) is 5.73 Å². The Morgan fingerprint density at radius 2 is 2.42 bits per heavy atom. The fourth-order valence-corrected chi connectivity index (χ4v) is 2.81. The number of hydrogen-bond acceptors (Lipinski definition) is 4. The van der Waals surface area contributed by atoms with E-state index in [0.717, 1.165) is 27.8 Å². The lowest BCUT2D eigenvalue weighted by Crippen LogP contribution is -2.32. The highest BCUT2D eigenvalue weighted by molar-refractivity contribution is 9.10. The number of ether oxygens (including phenoxy) is 2. The van der Waals surface area contributed by atoms with Crippen molar-refractivity contribution in [1.82, 2.24) is 0 Å². The molecule has 0 radical (unpaired) electrons. The summed E-state index contributed by atoms with van der Waals surface area (Å²) in [6.45, 7) is 1.98. The molecule has 0 amide bonds. The van der Waals surface area contributed by atoms with Gasteiger partial charge in [0, 0.05) is 16.5 Å². The van der Waals surface area contributed by atoms with Gasteiger partial charge in [0.05, 0.1) is 7.11 Å². The maximum Gasteiger partial charge on any atom is 0.320 e. The molecule has 1 aromatic rings. The van der Waals surface area contributed by atoms with Gasteiger partial charge in [0.1, 0.15) is 12.1 Å². The van der Waals surface area contributed by atoms with E-state index in [1.807, 2.05) is 6.92 Å². The quantitative estimate of drug-likeness (QED) is 0.879. The van der Waals surface area contributed by atoms with E-state index < -0.39 is 12.0 Å². The van der Waals surface area contributed by atoms with Crippen LogP contribution < -0.4 is 15.2 Å². The third kappa shape index (κ3) is 2.69. The monoisotopic (exact) mass is 329 g/mol. The van der Waals surface area contributed by atoms with Gasteiger partial charge in [-0.15, -0.1) is 0 Å². The zero-order valence-electron chi connectivity index (χ0n) is 10.8. The van der Waals surface area contributed by atoms with Gasteiger partial charge >= 0.3 is 5.97 Å². The highest BCUT2D eigenvalue weighted by Gasteiger charge is 2.28. The molecule has 0 aliphatic carbocycles. The van der Waals surface area contributed by atoms with E-state index in [0.29, 0.717) is 5.75 Å². The maximum atomic E-state index is 10.9. The van der Waals surface area contributed by atoms with E-state index in [-0.39, 0.29) is 12.5 Å². The number of fused-ring (bicyclic) bond motifs is 1. The van der Waals surface area contributed by atoms with Crippen molar-refractivity contribution in [2.75, 3.05) is 7.11 Å². The highest BCUT2D eigenvalue weighted by atomic mass is 79.9. The molecule has 0 saturated heterocycles. The second kappa shape index (κ2) is 5.38. The van der Waals surface area contributed by atoms with Gasteiger partial charge in [0.15, 0.2) is 11.5 Å². The fraction of sp³-hybridized carbons (Fsp3) is 0.462. The number of carboxylic acids is 1. The van der Waals surface area contributed by atoms with Crippen LogP contribution in [0.2, 0.25) is 0 Å². The van der Waals surface area contributed by atoms with Crippen LogP contribution in [0.25, 0.3) is 0 Å². The van der Waals surface area contributed by atoms with Gasteiger partial charge in [-0.05, 0) is 25.0 Å². The highest BCUT2D eigenvalue weighted by Crippen LogP contribution is 2.44. The summed E-state index contributed by atoms with van der Waals surface area (Å²) in [6.07, 6.45) is 1.10. The number of benzene rings is 1. The van der Waals surface area contributed by atoms with Gasteiger partial charge in [-0.1, -0.05) is 15.9 Å². The minimum Gasteiger partial charge on any atom is -0.493 e. The molecular weight excluding hydrogens is 314 g/mol. The Bertz CT molecular complexity index is 518. The predicted molar refractivity (Wildman–Crippen MR) is 73.8 cm³/mol. The molecule has 0 aromatic heterocycles. The van der Waals surface area contributed by atoms with E-state index in [2.05, 4.69) is 15.9 Å². The lowest BCUT2D eigenvalue weighted by molar-refractivity contribution is -0.138. The molecule has 2 rings (SSSR count). The van der Waals surface area contributed by atoms with Gasteiger partial charge in [-0.25, -0.2) is 0 Å². The molecule has 3 N–H and O–H groups in total. The van der Waals surface area contributed by atoms with Crippen molar-refractivity contribution in [2.45, 2.75) is 31.9 Å². The molecule has 19 heavy (non-hydrogen) atoms. The summed E-state index contributed by atoms with van der Waals surface area (Å²) >= 11 is 3.52. The largest absolute Gasteiger partial charge is 0.493 e. The second-order valence-electron chi connectivity index (χ2n) is 4.64. The fourth-order valence-electron chi connectivity index (χ4n) is 2.20. The van der Waals surface area contributed by atoms with E-state index >= 15 is 0 Å². The Morgan fingerprint density at radius 1 is 1.74 bits per heavy atom. The van der Waals surface area contributed by atoms with Crippen molar-refractivity contribution in [1.29, 1.82) is 0 Å². The number of carboxylic acid groups (broad SMARTS) is 1. The van der Waals surface area contributed by atoms with Crippen LogP contribution in [0.15, 0.2) is 10.5 Å². The number of aliphatic carboxylic acids is 1. The summed E-state index contributed by atoms with van der Waals surface area (Å²) in [5.74, 6) is 0.334. The van der Waals surface area contributed by atoms with Crippen molar-refractivity contribution >= 4 is 21.9 Å². The normalized spacial score (nSPS) is 18.6. The standard InChI is InChI=1S/C13H16BrNO4/c1-6-3-8-11(14)7(4-9(15)13(16)17)5-10(18-2)12(8)19-6/h5-6,9H,3-4,15H2,1-2H3,(H,16,17). The molecule has 2 atom stereocenters. The summed E-state index contributed by atoms with van der Waals surface area (Å²) in [4.78, 5) is 10.9. The predicted octanol–water partition coefficient (Wildman–Crippen LogP) is 1.74. The number of methoxy groups -OCH3 is 1. The van der Waals surface area contributed by atoms with Crippen LogP contribution in [-0.4, -0.2) is 30.3 Å². The summed E-state index contributed by atoms with van der Waals surface area (Å²) in [5, 5.41) is 8.90. The van der Waals surface area contributed by atoms with E-state index in [9.17, 15) is 4.79 Å². The van der Waals surface area contributed by atoms with Gasteiger partial charge in [0.2, 0.25) is 0 Å². The number of halogens is 1. The average molecular weight is 330 g/mol. The van der Waals surface area contributed by atoms with Crippen molar-refractivity contribution in [3.8, 4) is 11.5 Å². The smallest absolute Gasteiger partial charge is 0.320 e. The molecule has 1 aliphatic heterocycles. The van der Waals surface area contributed by atoms with Crippen LogP contribution in [-0.2, 0) is 17.6 Å². The van der Waals surface area contributed by atoms with Crippen molar-refractivity contribution in [3.63, 3.8) is 0 Å². The minimum atomic E-state index is -1.02. The topological polar surface area (TPSA) is 81.8 Å². The molecule has 0 bridgehead atoms. The summed E-state index contributed by atoms with van der Waals surface area (Å²) in [6, 6.07) is 0.850. The summed E-state index contributed by atoms with van der Waals surface area (Å²) in [5.41, 5.74) is 7.42. The molecule has 2 unspecified atom stereocenters. The molecule has 1 aromatic carbocycles. The zero-order chi connectivity index (χ0) is 14.2. The van der Waals surface area contributed by atoms with Gasteiger partial charge < -0.3 is 20.3 Å². The Hall–Kier alpha value is -1.27. The zero-order valence-corrected chi connectivity index (χ0v) is 12.4. The van der Waals surface area contributed by atoms with Gasteiger partial charge in [-0.3, -0.25) is 4.79 Å². The average Bonchev–Trinajstić information content (AvgIpc) is 2.74. The molecule has 104 valence electrons. The first kappa shape index (κ1) is 14.1. The first-order valence-electron chi connectivity index (χ1n) is 5.97. The van der Waals surface area contributed by atoms with Crippen LogP contribution in [0.1, 0.15) is 18.1 Å². The van der Waals surface area contributed by atoms with Crippen LogP contribution in [0, 0.1) is 0 Å². The molecule has 5 nitrogen and oxygen atoms in total. The summed E-state index contributed by atoms with van der Waals surface area (Å²) < 4.78 is 11.9. The van der Waals surface area contributed by atoms with Crippen LogP contribution in [0.3, 0.4) is 0 Å². The molecular formula is C13H16BrNO4. The molecule has 0 fully saturated rings. The molecule has 1 heterocycles. The van der Waals surface area contributed by atoms with E-state index in [1.165, 1.54) is 0 Å². The van der Waals surface area contributed by atoms with Crippen LogP contribution in [0.4, 0.5) is 0 Å². The van der Waals surface area contributed by atoms with Crippen LogP contribution >= 0.6 is 15.9 Å². The molecule has 0 saturated carbocycles. The van der Waals surface area contributed by atoms with Gasteiger partial charge in [0.25, 0.3) is 0 Å². The molecule has 6 heteroatoms. The van der Waals surface area contributed by atoms with E-state index in [4.69, 9.17) is 20.3 Å². The first-order valence-corrected chi connectivity index (χ1v) is 6.76. The second-order valence-corrected chi connectivity index (χ2v) is 5.43. The molecule has 1 aliphatic rings. The Labute approximate surface area is 119 Å². The van der Waals surface area contributed by atoms with Crippen molar-refractivity contribution in [3.05, 3.63) is 21.7 Å². The first-order chi connectivity index (χ1) is 8.93. The Balaban J connectivity index is 2.41. The third-order valence-corrected chi connectivity index (χ3v) is 4.13. The lowest BCUT2D eigenvalue weighted by Gasteiger charge is -2.14. The van der Waals surface area contributed by atoms with E-state index in [1.54, 1.807) is 13.2 Å². The Morgan fingerprint density at radius 3 is 3.00 bits per heavy atom. The molecule has 0 spiro atoms. The maximum absolute atomic E-state index is 10.9. The van der Waals surface area contributed by atoms with Crippen molar-refractivity contribution < 1.29 is 19.4 Å². The third-order valence-electron chi connectivity index (χ3n) is 3.14. The minimum absolute atomic E-state index is 0.0867. The number of hydrogen-bond donors (Lipinski definition) is 2. The SMILES string of the molecule is COc1cc(CC(N)C(=O)O)c(Br)c2c1OC(C)C2. The number of rotatable bonds is 4. The number of carbonyl (C=O) groups is 1.